The van der Waals surface area contributed by atoms with Crippen molar-refractivity contribution in [3.8, 4) is 0 Å². The number of hydrogen-bond acceptors (Lipinski definition) is 4. The number of pyridine rings is 1. The molecular formula is C12H15N3S. The fourth-order valence-electron chi connectivity index (χ4n) is 1.63. The topological polar surface area (TPSA) is 51.8 Å². The minimum absolute atomic E-state index is 0.591. The molecule has 0 aliphatic heterocycles. The predicted molar refractivity (Wildman–Crippen MR) is 66.4 cm³/mol. The summed E-state index contributed by atoms with van der Waals surface area (Å²) in [4.78, 5) is 9.92. The molecule has 0 saturated carbocycles. The third-order valence-electron chi connectivity index (χ3n) is 2.42. The average molecular weight is 233 g/mol. The molecule has 0 saturated heterocycles. The molecule has 0 radical (unpaired) electrons. The lowest BCUT2D eigenvalue weighted by Crippen LogP contribution is -1.97. The molecule has 0 amide bonds. The fourth-order valence-corrected chi connectivity index (χ4v) is 2.70. The summed E-state index contributed by atoms with van der Waals surface area (Å²) in [7, 11) is 0. The Balaban J connectivity index is 2.19. The van der Waals surface area contributed by atoms with Crippen molar-refractivity contribution < 1.29 is 0 Å². The van der Waals surface area contributed by atoms with Gasteiger partial charge < -0.3 is 5.73 Å². The second-order valence-electron chi connectivity index (χ2n) is 3.57. The first-order valence-electron chi connectivity index (χ1n) is 5.40. The maximum Gasteiger partial charge on any atom is 0.0976 e. The van der Waals surface area contributed by atoms with Crippen LogP contribution in [0.4, 0.5) is 0 Å². The molecule has 0 fully saturated rings. The van der Waals surface area contributed by atoms with Crippen LogP contribution < -0.4 is 5.73 Å². The van der Waals surface area contributed by atoms with E-state index in [9.17, 15) is 0 Å². The summed E-state index contributed by atoms with van der Waals surface area (Å²) in [5, 5.41) is 1.13. The Morgan fingerprint density at radius 2 is 2.31 bits per heavy atom. The average Bonchev–Trinajstić information content (AvgIpc) is 2.72. The number of thiazole rings is 1. The Kier molecular flexibility index (Phi) is 3.64. The van der Waals surface area contributed by atoms with Crippen molar-refractivity contribution in [2.24, 2.45) is 5.73 Å². The summed E-state index contributed by atoms with van der Waals surface area (Å²) >= 11 is 1.72. The molecule has 0 unspecified atom stereocenters. The smallest absolute Gasteiger partial charge is 0.0976 e. The van der Waals surface area contributed by atoms with Crippen LogP contribution in [0.15, 0.2) is 24.5 Å². The van der Waals surface area contributed by atoms with Gasteiger partial charge in [0.1, 0.15) is 0 Å². The molecule has 2 aromatic rings. The van der Waals surface area contributed by atoms with Gasteiger partial charge in [0.2, 0.25) is 0 Å². The summed E-state index contributed by atoms with van der Waals surface area (Å²) in [5.41, 5.74) is 8.03. The van der Waals surface area contributed by atoms with Crippen LogP contribution in [0.1, 0.15) is 28.1 Å². The lowest BCUT2D eigenvalue weighted by molar-refractivity contribution is 0.967. The number of hydrogen-bond donors (Lipinski definition) is 1. The maximum absolute atomic E-state index is 5.69. The maximum atomic E-state index is 5.69. The van der Waals surface area contributed by atoms with Gasteiger partial charge in [0.25, 0.3) is 0 Å². The van der Waals surface area contributed by atoms with Gasteiger partial charge in [-0.25, -0.2) is 4.98 Å². The second kappa shape index (κ2) is 5.18. The molecule has 0 aliphatic rings. The Labute approximate surface area is 99.4 Å². The van der Waals surface area contributed by atoms with Crippen LogP contribution in [0.25, 0.3) is 0 Å². The number of nitrogens with two attached hydrogens (primary N) is 1. The van der Waals surface area contributed by atoms with Crippen molar-refractivity contribution in [3.63, 3.8) is 0 Å². The van der Waals surface area contributed by atoms with E-state index in [4.69, 9.17) is 5.73 Å². The Hall–Kier alpha value is -1.26. The highest BCUT2D eigenvalue weighted by Crippen LogP contribution is 2.20. The summed E-state index contributed by atoms with van der Waals surface area (Å²) in [6, 6.07) is 4.02. The van der Waals surface area contributed by atoms with Crippen LogP contribution in [0.2, 0.25) is 0 Å². The lowest BCUT2D eigenvalue weighted by atomic mass is 10.2. The third kappa shape index (κ3) is 2.46. The fraction of sp³-hybridized carbons (Fsp3) is 0.333. The SMILES string of the molecule is CCc1nc(Cc2cccnc2)sc1CN. The van der Waals surface area contributed by atoms with Gasteiger partial charge in [-0.1, -0.05) is 13.0 Å². The molecule has 4 heteroatoms. The van der Waals surface area contributed by atoms with Crippen molar-refractivity contribution >= 4 is 11.3 Å². The molecule has 2 rings (SSSR count). The quantitative estimate of drug-likeness (QED) is 0.880. The minimum Gasteiger partial charge on any atom is -0.326 e. The van der Waals surface area contributed by atoms with Gasteiger partial charge in [-0.3, -0.25) is 4.98 Å². The Morgan fingerprint density at radius 1 is 1.44 bits per heavy atom. The van der Waals surface area contributed by atoms with Gasteiger partial charge in [-0.15, -0.1) is 11.3 Å². The van der Waals surface area contributed by atoms with Crippen LogP contribution in [0.5, 0.6) is 0 Å². The first-order chi connectivity index (χ1) is 7.83. The molecule has 0 atom stereocenters. The van der Waals surface area contributed by atoms with Crippen molar-refractivity contribution in [1.29, 1.82) is 0 Å². The van der Waals surface area contributed by atoms with Crippen molar-refractivity contribution in [2.75, 3.05) is 0 Å². The first kappa shape index (κ1) is 11.2. The highest BCUT2D eigenvalue weighted by atomic mass is 32.1. The van der Waals surface area contributed by atoms with E-state index in [0.717, 1.165) is 23.5 Å². The van der Waals surface area contributed by atoms with Crippen LogP contribution in [-0.4, -0.2) is 9.97 Å². The van der Waals surface area contributed by atoms with Crippen molar-refractivity contribution in [1.82, 2.24) is 9.97 Å². The molecule has 0 spiro atoms. The van der Waals surface area contributed by atoms with Crippen LogP contribution in [0.3, 0.4) is 0 Å². The van der Waals surface area contributed by atoms with E-state index in [2.05, 4.69) is 23.0 Å². The molecule has 84 valence electrons. The molecule has 0 aliphatic carbocycles. The highest BCUT2D eigenvalue weighted by Gasteiger charge is 2.08. The van der Waals surface area contributed by atoms with E-state index in [0.29, 0.717) is 6.54 Å². The standard InChI is InChI=1S/C12H15N3S/c1-2-10-11(7-13)16-12(15-10)6-9-4-3-5-14-8-9/h3-5,8H,2,6-7,13H2,1H3. The van der Waals surface area contributed by atoms with Gasteiger partial charge in [0.15, 0.2) is 0 Å². The van der Waals surface area contributed by atoms with Gasteiger partial charge in [0, 0.05) is 30.2 Å². The van der Waals surface area contributed by atoms with Crippen LogP contribution in [-0.2, 0) is 19.4 Å². The van der Waals surface area contributed by atoms with Crippen molar-refractivity contribution in [2.45, 2.75) is 26.3 Å². The third-order valence-corrected chi connectivity index (χ3v) is 3.54. The van der Waals surface area contributed by atoms with E-state index in [1.807, 2.05) is 12.3 Å². The molecule has 0 bridgehead atoms. The van der Waals surface area contributed by atoms with Crippen LogP contribution >= 0.6 is 11.3 Å². The lowest BCUT2D eigenvalue weighted by Gasteiger charge is -1.95. The van der Waals surface area contributed by atoms with Gasteiger partial charge in [-0.2, -0.15) is 0 Å². The molecule has 0 aromatic carbocycles. The largest absolute Gasteiger partial charge is 0.326 e. The molecule has 2 heterocycles. The number of nitrogens with zero attached hydrogens (tertiary/aromatic N) is 2. The monoisotopic (exact) mass is 233 g/mol. The van der Waals surface area contributed by atoms with E-state index < -0.39 is 0 Å². The highest BCUT2D eigenvalue weighted by molar-refractivity contribution is 7.11. The number of rotatable bonds is 4. The van der Waals surface area contributed by atoms with E-state index in [-0.39, 0.29) is 0 Å². The summed E-state index contributed by atoms with van der Waals surface area (Å²) in [6.45, 7) is 2.70. The van der Waals surface area contributed by atoms with E-state index >= 15 is 0 Å². The zero-order valence-electron chi connectivity index (χ0n) is 9.31. The molecule has 2 N–H and O–H groups in total. The summed E-state index contributed by atoms with van der Waals surface area (Å²) in [6.07, 6.45) is 5.48. The normalized spacial score (nSPS) is 10.6. The summed E-state index contributed by atoms with van der Waals surface area (Å²) < 4.78 is 0. The first-order valence-corrected chi connectivity index (χ1v) is 6.21. The number of aryl methyl sites for hydroxylation is 1. The summed E-state index contributed by atoms with van der Waals surface area (Å²) in [5.74, 6) is 0. The van der Waals surface area contributed by atoms with E-state index in [1.54, 1.807) is 17.5 Å². The van der Waals surface area contributed by atoms with Crippen molar-refractivity contribution in [3.05, 3.63) is 45.7 Å². The van der Waals surface area contributed by atoms with E-state index in [1.165, 1.54) is 10.4 Å². The zero-order valence-corrected chi connectivity index (χ0v) is 10.1. The number of aromatic nitrogens is 2. The molecule has 2 aromatic heterocycles. The Bertz CT molecular complexity index is 429. The predicted octanol–water partition coefficient (Wildman–Crippen LogP) is 2.15. The molecular weight excluding hydrogens is 218 g/mol. The molecule has 16 heavy (non-hydrogen) atoms. The van der Waals surface area contributed by atoms with Gasteiger partial charge in [0.05, 0.1) is 10.7 Å². The van der Waals surface area contributed by atoms with Gasteiger partial charge >= 0.3 is 0 Å². The minimum atomic E-state index is 0.591. The Morgan fingerprint density at radius 3 is 2.88 bits per heavy atom. The van der Waals surface area contributed by atoms with Crippen LogP contribution in [0, 0.1) is 0 Å². The second-order valence-corrected chi connectivity index (χ2v) is 4.74. The molecule has 3 nitrogen and oxygen atoms in total. The zero-order chi connectivity index (χ0) is 11.4. The van der Waals surface area contributed by atoms with Gasteiger partial charge in [-0.05, 0) is 18.1 Å².